The fraction of sp³-hybridized carbons (Fsp3) is 0.231. The van der Waals surface area contributed by atoms with Crippen molar-refractivity contribution in [3.63, 3.8) is 0 Å². The molecule has 1 fully saturated rings. The van der Waals surface area contributed by atoms with Crippen LogP contribution in [0.15, 0.2) is 72.8 Å². The molecule has 1 aromatic heterocycles. The van der Waals surface area contributed by atoms with E-state index in [0.717, 1.165) is 34.6 Å². The zero-order chi connectivity index (χ0) is 23.2. The van der Waals surface area contributed by atoms with Crippen molar-refractivity contribution < 1.29 is 18.0 Å². The van der Waals surface area contributed by atoms with Gasteiger partial charge in [-0.3, -0.25) is 4.79 Å². The van der Waals surface area contributed by atoms with E-state index in [0.29, 0.717) is 6.54 Å². The van der Waals surface area contributed by atoms with Crippen LogP contribution in [0.1, 0.15) is 34.9 Å². The Balaban J connectivity index is 1.50. The van der Waals surface area contributed by atoms with Crippen molar-refractivity contribution in [2.45, 2.75) is 32.0 Å². The molecule has 0 aliphatic carbocycles. The van der Waals surface area contributed by atoms with Gasteiger partial charge in [0.25, 0.3) is 0 Å². The molecule has 33 heavy (non-hydrogen) atoms. The number of amides is 1. The fourth-order valence-corrected chi connectivity index (χ4v) is 4.43. The highest BCUT2D eigenvalue weighted by atomic mass is 19.4. The zero-order valence-electron chi connectivity index (χ0n) is 18.0. The summed E-state index contributed by atoms with van der Waals surface area (Å²) in [5, 5.41) is 0. The SMILES string of the molecule is Cc1ccc(Cn2c(C3CC(=O)N(c4cccc(C(F)(F)F)c4)C3)nc3ccccc32)cc1. The number of halogens is 3. The number of anilines is 1. The molecular formula is C26H22F3N3O. The maximum Gasteiger partial charge on any atom is 0.416 e. The van der Waals surface area contributed by atoms with Gasteiger partial charge in [-0.15, -0.1) is 0 Å². The molecule has 0 bridgehead atoms. The predicted octanol–water partition coefficient (Wildman–Crippen LogP) is 5.93. The number of aryl methyl sites for hydroxylation is 1. The second-order valence-corrected chi connectivity index (χ2v) is 8.48. The quantitative estimate of drug-likeness (QED) is 0.387. The Morgan fingerprint density at radius 3 is 2.52 bits per heavy atom. The molecule has 3 aromatic carbocycles. The average Bonchev–Trinajstić information content (AvgIpc) is 3.35. The number of nitrogens with zero attached hydrogens (tertiary/aromatic N) is 3. The van der Waals surface area contributed by atoms with Gasteiger partial charge in [0.2, 0.25) is 5.91 Å². The van der Waals surface area contributed by atoms with Crippen LogP contribution in [0.2, 0.25) is 0 Å². The number of alkyl halides is 3. The van der Waals surface area contributed by atoms with Crippen molar-refractivity contribution in [1.82, 2.24) is 9.55 Å². The maximum atomic E-state index is 13.2. The number of para-hydroxylation sites is 2. The summed E-state index contributed by atoms with van der Waals surface area (Å²) in [6.07, 6.45) is -4.26. The summed E-state index contributed by atoms with van der Waals surface area (Å²) in [5.41, 5.74) is 3.60. The lowest BCUT2D eigenvalue weighted by Crippen LogP contribution is -2.25. The highest BCUT2D eigenvalue weighted by molar-refractivity contribution is 5.96. The molecule has 4 nitrogen and oxygen atoms in total. The fourth-order valence-electron chi connectivity index (χ4n) is 4.43. The number of rotatable bonds is 4. The Labute approximate surface area is 189 Å². The largest absolute Gasteiger partial charge is 0.416 e. The van der Waals surface area contributed by atoms with Crippen molar-refractivity contribution in [1.29, 1.82) is 0 Å². The molecular weight excluding hydrogens is 427 g/mol. The first-order chi connectivity index (χ1) is 15.8. The smallest absolute Gasteiger partial charge is 0.323 e. The first-order valence-electron chi connectivity index (χ1n) is 10.8. The monoisotopic (exact) mass is 449 g/mol. The molecule has 7 heteroatoms. The van der Waals surface area contributed by atoms with E-state index in [-0.39, 0.29) is 30.5 Å². The van der Waals surface area contributed by atoms with E-state index in [2.05, 4.69) is 28.8 Å². The van der Waals surface area contributed by atoms with Crippen molar-refractivity contribution in [3.8, 4) is 0 Å². The van der Waals surface area contributed by atoms with Gasteiger partial charge < -0.3 is 9.47 Å². The molecule has 0 N–H and O–H groups in total. The van der Waals surface area contributed by atoms with E-state index in [9.17, 15) is 18.0 Å². The van der Waals surface area contributed by atoms with Crippen LogP contribution in [0.5, 0.6) is 0 Å². The minimum absolute atomic E-state index is 0.201. The van der Waals surface area contributed by atoms with Gasteiger partial charge in [0.1, 0.15) is 5.82 Å². The number of carbonyl (C=O) groups is 1. The van der Waals surface area contributed by atoms with Gasteiger partial charge in [-0.2, -0.15) is 13.2 Å². The zero-order valence-corrected chi connectivity index (χ0v) is 18.0. The summed E-state index contributed by atoms with van der Waals surface area (Å²) in [4.78, 5) is 19.1. The molecule has 1 atom stereocenters. The number of carbonyl (C=O) groups excluding carboxylic acids is 1. The van der Waals surface area contributed by atoms with Crippen molar-refractivity contribution >= 4 is 22.6 Å². The second-order valence-electron chi connectivity index (χ2n) is 8.48. The lowest BCUT2D eigenvalue weighted by Gasteiger charge is -2.19. The van der Waals surface area contributed by atoms with Crippen LogP contribution in [0.3, 0.4) is 0 Å². The van der Waals surface area contributed by atoms with Crippen molar-refractivity contribution in [2.24, 2.45) is 0 Å². The number of benzene rings is 3. The molecule has 0 saturated carbocycles. The standard InChI is InChI=1S/C26H22F3N3O/c1-17-9-11-18(12-10-17)15-32-23-8-3-2-7-22(23)30-25(32)19-13-24(33)31(16-19)21-6-4-5-20(14-21)26(27,28)29/h2-12,14,19H,13,15-16H2,1H3. The molecule has 1 unspecified atom stereocenters. The van der Waals surface area contributed by atoms with E-state index in [4.69, 9.17) is 4.98 Å². The highest BCUT2D eigenvalue weighted by Gasteiger charge is 2.36. The molecule has 2 heterocycles. The molecule has 4 aromatic rings. The van der Waals surface area contributed by atoms with Crippen molar-refractivity contribution in [3.05, 3.63) is 95.3 Å². The Morgan fingerprint density at radius 2 is 1.76 bits per heavy atom. The van der Waals surface area contributed by atoms with Crippen molar-refractivity contribution in [2.75, 3.05) is 11.4 Å². The molecule has 5 rings (SSSR count). The predicted molar refractivity (Wildman–Crippen MR) is 121 cm³/mol. The molecule has 1 saturated heterocycles. The van der Waals surface area contributed by atoms with Crippen LogP contribution < -0.4 is 4.90 Å². The number of hydrogen-bond donors (Lipinski definition) is 0. The summed E-state index contributed by atoms with van der Waals surface area (Å²) in [7, 11) is 0. The number of hydrogen-bond acceptors (Lipinski definition) is 2. The van der Waals surface area contributed by atoms with Gasteiger partial charge in [-0.1, -0.05) is 48.0 Å². The van der Waals surface area contributed by atoms with E-state index >= 15 is 0 Å². The molecule has 1 aliphatic heterocycles. The van der Waals surface area contributed by atoms with Gasteiger partial charge in [-0.05, 0) is 42.8 Å². The number of imidazole rings is 1. The lowest BCUT2D eigenvalue weighted by molar-refractivity contribution is -0.137. The molecule has 0 radical (unpaired) electrons. The van der Waals surface area contributed by atoms with E-state index in [1.165, 1.54) is 16.5 Å². The second kappa shape index (κ2) is 8.06. The molecule has 1 aliphatic rings. The Bertz CT molecular complexity index is 1320. The number of fused-ring (bicyclic) bond motifs is 1. The summed E-state index contributed by atoms with van der Waals surface area (Å²) < 4.78 is 41.7. The first-order valence-corrected chi connectivity index (χ1v) is 10.8. The van der Waals surface area contributed by atoms with Gasteiger partial charge in [0, 0.05) is 31.1 Å². The Hall–Kier alpha value is -3.61. The minimum Gasteiger partial charge on any atom is -0.323 e. The molecule has 0 spiro atoms. The summed E-state index contributed by atoms with van der Waals surface area (Å²) in [5.74, 6) is 0.359. The summed E-state index contributed by atoms with van der Waals surface area (Å²) in [6.45, 7) is 2.93. The normalized spacial score (nSPS) is 16.7. The summed E-state index contributed by atoms with van der Waals surface area (Å²) >= 11 is 0. The minimum atomic E-state index is -4.46. The summed E-state index contributed by atoms with van der Waals surface area (Å²) in [6, 6.07) is 21.0. The van der Waals surface area contributed by atoms with Gasteiger partial charge in [-0.25, -0.2) is 4.98 Å². The van der Waals surface area contributed by atoms with Crippen LogP contribution in [0, 0.1) is 6.92 Å². The highest BCUT2D eigenvalue weighted by Crippen LogP contribution is 2.36. The Morgan fingerprint density at radius 1 is 1.00 bits per heavy atom. The molecule has 168 valence electrons. The van der Waals surface area contributed by atoms with Crippen LogP contribution in [0.25, 0.3) is 11.0 Å². The average molecular weight is 449 g/mol. The number of aromatic nitrogens is 2. The van der Waals surface area contributed by atoms with E-state index in [1.807, 2.05) is 31.2 Å². The van der Waals surface area contributed by atoms with Gasteiger partial charge in [0.15, 0.2) is 0 Å². The van der Waals surface area contributed by atoms with Crippen LogP contribution in [0.4, 0.5) is 18.9 Å². The van der Waals surface area contributed by atoms with Crippen LogP contribution in [-0.2, 0) is 17.5 Å². The Kier molecular flexibility index (Phi) is 5.19. The van der Waals surface area contributed by atoms with Gasteiger partial charge >= 0.3 is 6.18 Å². The van der Waals surface area contributed by atoms with Crippen LogP contribution in [-0.4, -0.2) is 22.0 Å². The van der Waals surface area contributed by atoms with E-state index in [1.54, 1.807) is 6.07 Å². The topological polar surface area (TPSA) is 38.1 Å². The molecule has 1 amide bonds. The maximum absolute atomic E-state index is 13.2. The first kappa shape index (κ1) is 21.2. The van der Waals surface area contributed by atoms with Crippen LogP contribution >= 0.6 is 0 Å². The third kappa shape index (κ3) is 4.11. The third-order valence-electron chi connectivity index (χ3n) is 6.12. The van der Waals surface area contributed by atoms with E-state index < -0.39 is 11.7 Å². The lowest BCUT2D eigenvalue weighted by atomic mass is 10.1. The third-order valence-corrected chi connectivity index (χ3v) is 6.12. The van der Waals surface area contributed by atoms with Gasteiger partial charge in [0.05, 0.1) is 16.6 Å².